The van der Waals surface area contributed by atoms with Crippen LogP contribution in [-0.2, 0) is 14.5 Å². The minimum absolute atomic E-state index is 0.238. The Hall–Kier alpha value is -4.57. The molecule has 1 aromatic heterocycles. The van der Waals surface area contributed by atoms with Gasteiger partial charge in [0.2, 0.25) is 0 Å². The van der Waals surface area contributed by atoms with Crippen LogP contribution in [0.15, 0.2) is 95.0 Å². The van der Waals surface area contributed by atoms with Crippen molar-refractivity contribution >= 4 is 33.1 Å². The molecule has 0 aliphatic heterocycles. The highest BCUT2D eigenvalue weighted by Crippen LogP contribution is 2.31. The number of amides is 2. The number of hydrogen-bond donors (Lipinski definition) is 3. The van der Waals surface area contributed by atoms with E-state index >= 15 is 0 Å². The van der Waals surface area contributed by atoms with Gasteiger partial charge in [-0.1, -0.05) is 18.2 Å². The van der Waals surface area contributed by atoms with Crippen molar-refractivity contribution in [2.24, 2.45) is 0 Å². The molecule has 0 radical (unpaired) electrons. The van der Waals surface area contributed by atoms with Crippen molar-refractivity contribution < 1.29 is 22.9 Å². The lowest BCUT2D eigenvalue weighted by Gasteiger charge is -2.21. The van der Waals surface area contributed by atoms with Gasteiger partial charge in [0.05, 0.1) is 21.2 Å². The second-order valence-corrected chi connectivity index (χ2v) is 12.2. The normalized spacial score (nSPS) is 12.7. The van der Waals surface area contributed by atoms with Gasteiger partial charge < -0.3 is 10.1 Å². The molecule has 8 nitrogen and oxygen atoms in total. The van der Waals surface area contributed by atoms with Crippen LogP contribution in [0.2, 0.25) is 0 Å². The molecule has 40 heavy (non-hydrogen) atoms. The molecule has 0 fully saturated rings. The van der Waals surface area contributed by atoms with E-state index in [2.05, 4.69) is 15.6 Å². The molecule has 0 bridgehead atoms. The first-order valence-electron chi connectivity index (χ1n) is 12.3. The predicted molar refractivity (Wildman–Crippen MR) is 152 cm³/mol. The Kier molecular flexibility index (Phi) is 8.01. The summed E-state index contributed by atoms with van der Waals surface area (Å²) in [5, 5.41) is 5.46. The summed E-state index contributed by atoms with van der Waals surface area (Å²) in [6, 6.07) is 18.4. The number of rotatable bonds is 6. The lowest BCUT2D eigenvalue weighted by atomic mass is 10.0. The Morgan fingerprint density at radius 1 is 0.850 bits per heavy atom. The molecule has 1 atom stereocenters. The van der Waals surface area contributed by atoms with Gasteiger partial charge in [-0.25, -0.2) is 18.2 Å². The van der Waals surface area contributed by atoms with Crippen molar-refractivity contribution in [1.29, 1.82) is 4.78 Å². The highest BCUT2D eigenvalue weighted by Gasteiger charge is 2.19. The molecular weight excluding hydrogens is 531 g/mol. The minimum Gasteiger partial charge on any atom is -0.444 e. The number of ether oxygens (including phenoxy) is 1. The maximum Gasteiger partial charge on any atom is 0.412 e. The zero-order valence-corrected chi connectivity index (χ0v) is 23.3. The third-order valence-electron chi connectivity index (χ3n) is 5.71. The van der Waals surface area contributed by atoms with Crippen molar-refractivity contribution in [2.45, 2.75) is 43.1 Å². The van der Waals surface area contributed by atoms with Gasteiger partial charge in [0, 0.05) is 18.0 Å². The summed E-state index contributed by atoms with van der Waals surface area (Å²) in [6.45, 7) is 7.01. The number of pyridine rings is 1. The van der Waals surface area contributed by atoms with Gasteiger partial charge in [0.15, 0.2) is 0 Å². The first kappa shape index (κ1) is 28.4. The smallest absolute Gasteiger partial charge is 0.412 e. The van der Waals surface area contributed by atoms with E-state index < -0.39 is 27.3 Å². The molecule has 1 unspecified atom stereocenters. The van der Waals surface area contributed by atoms with Gasteiger partial charge in [0.1, 0.15) is 21.1 Å². The lowest BCUT2D eigenvalue weighted by molar-refractivity contribution is 0.0635. The minimum atomic E-state index is -3.32. The van der Waals surface area contributed by atoms with Crippen LogP contribution in [0.4, 0.5) is 20.6 Å². The Balaban J connectivity index is 1.62. The summed E-state index contributed by atoms with van der Waals surface area (Å²) in [5.74, 6) is -0.872. The largest absolute Gasteiger partial charge is 0.444 e. The number of benzene rings is 3. The molecule has 4 aromatic rings. The maximum absolute atomic E-state index is 13.4. The quantitative estimate of drug-likeness (QED) is 0.229. The Bertz CT molecular complexity index is 1660. The van der Waals surface area contributed by atoms with Crippen molar-refractivity contribution in [3.05, 3.63) is 102 Å². The molecule has 10 heteroatoms. The van der Waals surface area contributed by atoms with Crippen molar-refractivity contribution in [2.75, 3.05) is 10.6 Å². The van der Waals surface area contributed by atoms with Gasteiger partial charge in [-0.05, 0) is 99.0 Å². The summed E-state index contributed by atoms with van der Waals surface area (Å²) in [4.78, 5) is 30.2. The fraction of sp³-hybridized carbons (Fsp3) is 0.167. The monoisotopic (exact) mass is 560 g/mol. The van der Waals surface area contributed by atoms with Crippen LogP contribution in [0.1, 0.15) is 36.7 Å². The Morgan fingerprint density at radius 3 is 2.12 bits per heavy atom. The number of anilines is 2. The van der Waals surface area contributed by atoms with Crippen LogP contribution in [0.3, 0.4) is 0 Å². The number of nitrogens with zero attached hydrogens (tertiary/aromatic N) is 1. The van der Waals surface area contributed by atoms with Crippen LogP contribution < -0.4 is 10.6 Å². The molecule has 0 aliphatic rings. The first-order valence-corrected chi connectivity index (χ1v) is 13.9. The highest BCUT2D eigenvalue weighted by atomic mass is 32.2. The standard InChI is InChI=1S/C30H29FN4O4S/c1-19-15-25(18-33-17-19)40(32,38)24-12-7-21(8-13-24)28(36)34-27-16-22(20-5-10-23(31)11-6-20)9-14-26(27)35-29(37)39-30(2,3)4/h5-18,32H,1-4H3,(H,34,36)(H,35,37). The highest BCUT2D eigenvalue weighted by molar-refractivity contribution is 7.92. The number of aryl methyl sites for hydroxylation is 1. The van der Waals surface area contributed by atoms with E-state index in [1.54, 1.807) is 70.3 Å². The molecule has 2 amide bonds. The number of halogens is 1. The Labute approximate surface area is 232 Å². The van der Waals surface area contributed by atoms with Gasteiger partial charge in [-0.15, -0.1) is 0 Å². The van der Waals surface area contributed by atoms with Gasteiger partial charge in [-0.2, -0.15) is 0 Å². The van der Waals surface area contributed by atoms with Crippen LogP contribution in [0, 0.1) is 17.5 Å². The molecule has 0 aliphatic carbocycles. The van der Waals surface area contributed by atoms with E-state index in [1.165, 1.54) is 42.6 Å². The summed E-state index contributed by atoms with van der Waals surface area (Å²) < 4.78 is 40.5. The fourth-order valence-corrected chi connectivity index (χ4v) is 5.16. The van der Waals surface area contributed by atoms with E-state index in [0.29, 0.717) is 16.8 Å². The molecule has 0 saturated carbocycles. The molecule has 4 rings (SSSR count). The number of carbonyl (C=O) groups is 2. The third kappa shape index (κ3) is 6.89. The zero-order valence-electron chi connectivity index (χ0n) is 22.4. The molecule has 1 heterocycles. The van der Waals surface area contributed by atoms with Crippen molar-refractivity contribution in [3.8, 4) is 11.1 Å². The van der Waals surface area contributed by atoms with E-state index in [0.717, 1.165) is 5.56 Å². The number of aromatic nitrogens is 1. The van der Waals surface area contributed by atoms with Crippen LogP contribution >= 0.6 is 0 Å². The molecule has 3 aromatic carbocycles. The van der Waals surface area contributed by atoms with E-state index in [4.69, 9.17) is 9.52 Å². The van der Waals surface area contributed by atoms with Crippen molar-refractivity contribution in [1.82, 2.24) is 4.98 Å². The predicted octanol–water partition coefficient (Wildman–Crippen LogP) is 7.26. The van der Waals surface area contributed by atoms with Gasteiger partial charge in [-0.3, -0.25) is 15.1 Å². The SMILES string of the molecule is Cc1cncc(S(=N)(=O)c2ccc(C(=O)Nc3cc(-c4ccc(F)cc4)ccc3NC(=O)OC(C)(C)C)cc2)c1. The summed E-state index contributed by atoms with van der Waals surface area (Å²) in [7, 11) is -3.32. The van der Waals surface area contributed by atoms with Crippen LogP contribution in [-0.4, -0.2) is 26.8 Å². The average Bonchev–Trinajstić information content (AvgIpc) is 2.89. The fourth-order valence-electron chi connectivity index (χ4n) is 3.81. The first-order chi connectivity index (χ1) is 18.8. The zero-order chi connectivity index (χ0) is 29.1. The second-order valence-electron chi connectivity index (χ2n) is 10.1. The van der Waals surface area contributed by atoms with Crippen molar-refractivity contribution in [3.63, 3.8) is 0 Å². The molecule has 206 valence electrons. The molecule has 0 saturated heterocycles. The van der Waals surface area contributed by atoms with Crippen LogP contribution in [0.25, 0.3) is 11.1 Å². The number of carbonyl (C=O) groups excluding carboxylic acids is 2. The second kappa shape index (κ2) is 11.3. The number of nitrogens with one attached hydrogen (secondary N) is 3. The lowest BCUT2D eigenvalue weighted by Crippen LogP contribution is -2.27. The van der Waals surface area contributed by atoms with E-state index in [1.807, 2.05) is 0 Å². The van der Waals surface area contributed by atoms with E-state index in [9.17, 15) is 18.2 Å². The summed E-state index contributed by atoms with van der Waals surface area (Å²) >= 11 is 0. The van der Waals surface area contributed by atoms with Gasteiger partial charge in [0.25, 0.3) is 5.91 Å². The molecular formula is C30H29FN4O4S. The van der Waals surface area contributed by atoms with Crippen LogP contribution in [0.5, 0.6) is 0 Å². The molecule has 0 spiro atoms. The van der Waals surface area contributed by atoms with E-state index in [-0.39, 0.29) is 26.9 Å². The number of hydrogen-bond acceptors (Lipinski definition) is 6. The summed E-state index contributed by atoms with van der Waals surface area (Å²) in [6.07, 6.45) is 2.32. The molecule has 3 N–H and O–H groups in total. The summed E-state index contributed by atoms with van der Waals surface area (Å²) in [5.41, 5.74) is 2.28. The topological polar surface area (TPSA) is 121 Å². The Morgan fingerprint density at radius 2 is 1.50 bits per heavy atom. The maximum atomic E-state index is 13.4. The third-order valence-corrected chi connectivity index (χ3v) is 7.53. The van der Waals surface area contributed by atoms with Gasteiger partial charge >= 0.3 is 6.09 Å². The average molecular weight is 561 g/mol.